The maximum Gasteiger partial charge on any atom is 0.0447 e. The Bertz CT molecular complexity index is 138. The first kappa shape index (κ1) is 13.4. The van der Waals surface area contributed by atoms with Crippen molar-refractivity contribution < 1.29 is 5.11 Å². The van der Waals surface area contributed by atoms with E-state index in [9.17, 15) is 0 Å². The molecule has 0 saturated carbocycles. The summed E-state index contributed by atoms with van der Waals surface area (Å²) in [5.74, 6) is 0. The molecule has 0 amide bonds. The molecule has 0 fully saturated rings. The maximum absolute atomic E-state index is 8.72. The molecule has 0 spiro atoms. The number of unbranched alkanes of at least 4 members (excludes halogenated alkanes) is 1. The molecule has 0 aliphatic carbocycles. The summed E-state index contributed by atoms with van der Waals surface area (Å²) in [6.45, 7) is 12.8. The first-order valence-corrected chi connectivity index (χ1v) is 12.5. The second-order valence-electron chi connectivity index (χ2n) is 6.08. The van der Waals surface area contributed by atoms with E-state index in [1.165, 1.54) is 18.1 Å². The molecular formula is C10H26OSi2. The molecule has 0 bridgehead atoms. The number of hydrogen-bond acceptors (Lipinski definition) is 1. The van der Waals surface area contributed by atoms with E-state index < -0.39 is 16.1 Å². The fraction of sp³-hybridized carbons (Fsp3) is 1.00. The van der Waals surface area contributed by atoms with Crippen molar-refractivity contribution in [3.05, 3.63) is 0 Å². The van der Waals surface area contributed by atoms with Gasteiger partial charge in [-0.3, -0.25) is 0 Å². The highest BCUT2D eigenvalue weighted by atomic mass is 28.4. The molecule has 0 aromatic carbocycles. The van der Waals surface area contributed by atoms with Gasteiger partial charge >= 0.3 is 0 Å². The van der Waals surface area contributed by atoms with E-state index in [2.05, 4.69) is 32.7 Å². The van der Waals surface area contributed by atoms with Gasteiger partial charge in [-0.25, -0.2) is 0 Å². The van der Waals surface area contributed by atoms with Crippen LogP contribution in [0.2, 0.25) is 44.4 Å². The molecule has 3 heteroatoms. The van der Waals surface area contributed by atoms with Crippen molar-refractivity contribution in [2.45, 2.75) is 57.3 Å². The third-order valence-electron chi connectivity index (χ3n) is 2.27. The number of aliphatic hydroxyl groups excluding tert-OH is 1. The van der Waals surface area contributed by atoms with E-state index in [0.717, 1.165) is 6.42 Å². The number of hydrogen-bond donors (Lipinski definition) is 1. The number of rotatable bonds is 6. The average Bonchev–Trinajstić information content (AvgIpc) is 1.81. The third-order valence-corrected chi connectivity index (χ3v) is 12.0. The molecule has 0 aromatic rings. The van der Waals surface area contributed by atoms with Crippen LogP contribution < -0.4 is 0 Å². The van der Waals surface area contributed by atoms with Crippen LogP contribution in [0.3, 0.4) is 0 Å². The molecule has 0 aliphatic heterocycles. The van der Waals surface area contributed by atoms with Gasteiger partial charge in [0.2, 0.25) is 0 Å². The SMILES string of the molecule is C[Si](C)(C)C[Si](C)(C)CCCCO. The van der Waals surface area contributed by atoms with Crippen LogP contribution >= 0.6 is 0 Å². The minimum absolute atomic E-state index is 0.372. The zero-order valence-corrected chi connectivity index (χ0v) is 12.0. The Morgan fingerprint density at radius 1 is 0.923 bits per heavy atom. The first-order chi connectivity index (χ1) is 5.77. The number of aliphatic hydroxyl groups is 1. The summed E-state index contributed by atoms with van der Waals surface area (Å²) < 4.78 is 0. The van der Waals surface area contributed by atoms with Crippen LogP contribution in [-0.4, -0.2) is 27.9 Å². The van der Waals surface area contributed by atoms with E-state index in [1.54, 1.807) is 0 Å². The van der Waals surface area contributed by atoms with Gasteiger partial charge in [0.15, 0.2) is 0 Å². The van der Waals surface area contributed by atoms with E-state index in [0.29, 0.717) is 6.61 Å². The van der Waals surface area contributed by atoms with Gasteiger partial charge in [-0.05, 0) is 6.42 Å². The third kappa shape index (κ3) is 8.72. The second-order valence-corrected chi connectivity index (χ2v) is 17.4. The standard InChI is InChI=1S/C10H26OSi2/c1-12(2,3)10-13(4,5)9-7-6-8-11/h11H,6-10H2,1-5H3. The summed E-state index contributed by atoms with van der Waals surface area (Å²) in [5, 5.41) is 8.72. The zero-order valence-electron chi connectivity index (χ0n) is 9.98. The lowest BCUT2D eigenvalue weighted by atomic mass is 10.4. The van der Waals surface area contributed by atoms with Crippen molar-refractivity contribution >= 4 is 16.1 Å². The van der Waals surface area contributed by atoms with Crippen molar-refractivity contribution in [1.82, 2.24) is 0 Å². The molecule has 0 aliphatic rings. The van der Waals surface area contributed by atoms with Gasteiger partial charge in [0.05, 0.1) is 0 Å². The fourth-order valence-corrected chi connectivity index (χ4v) is 15.6. The minimum atomic E-state index is -0.925. The molecule has 0 rings (SSSR count). The summed E-state index contributed by atoms with van der Waals surface area (Å²) in [4.78, 5) is 0. The highest BCUT2D eigenvalue weighted by Gasteiger charge is 2.27. The van der Waals surface area contributed by atoms with E-state index in [4.69, 9.17) is 5.11 Å². The van der Waals surface area contributed by atoms with Crippen LogP contribution in [0.25, 0.3) is 0 Å². The predicted octanol–water partition coefficient (Wildman–Crippen LogP) is 3.34. The van der Waals surface area contributed by atoms with Crippen molar-refractivity contribution in [1.29, 1.82) is 0 Å². The monoisotopic (exact) mass is 218 g/mol. The zero-order chi connectivity index (χ0) is 10.5. The molecule has 0 radical (unpaired) electrons. The van der Waals surface area contributed by atoms with Gasteiger partial charge in [0, 0.05) is 22.8 Å². The lowest BCUT2D eigenvalue weighted by molar-refractivity contribution is 0.287. The Kier molecular flexibility index (Phi) is 5.48. The molecule has 0 saturated heterocycles. The van der Waals surface area contributed by atoms with Crippen molar-refractivity contribution in [3.8, 4) is 0 Å². The van der Waals surface area contributed by atoms with E-state index in [1.807, 2.05) is 0 Å². The van der Waals surface area contributed by atoms with Gasteiger partial charge in [-0.15, -0.1) is 0 Å². The van der Waals surface area contributed by atoms with Crippen LogP contribution in [0, 0.1) is 0 Å². The molecule has 80 valence electrons. The van der Waals surface area contributed by atoms with Gasteiger partial charge in [0.1, 0.15) is 0 Å². The summed E-state index contributed by atoms with van der Waals surface area (Å²) in [7, 11) is -1.78. The second kappa shape index (κ2) is 5.32. The minimum Gasteiger partial charge on any atom is -0.396 e. The topological polar surface area (TPSA) is 20.2 Å². The van der Waals surface area contributed by atoms with Crippen molar-refractivity contribution in [2.24, 2.45) is 0 Å². The highest BCUT2D eigenvalue weighted by molar-refractivity contribution is 6.94. The molecular weight excluding hydrogens is 192 g/mol. The summed E-state index contributed by atoms with van der Waals surface area (Å²) in [5.41, 5.74) is 1.53. The Morgan fingerprint density at radius 2 is 1.46 bits per heavy atom. The molecule has 1 N–H and O–H groups in total. The van der Waals surface area contributed by atoms with Crippen LogP contribution in [0.5, 0.6) is 0 Å². The molecule has 1 nitrogen and oxygen atoms in total. The predicted molar refractivity (Wildman–Crippen MR) is 66.8 cm³/mol. The van der Waals surface area contributed by atoms with Gasteiger partial charge in [0.25, 0.3) is 0 Å². The molecule has 0 unspecified atom stereocenters. The molecule has 0 atom stereocenters. The van der Waals surface area contributed by atoms with Crippen LogP contribution in [0.1, 0.15) is 12.8 Å². The lowest BCUT2D eigenvalue weighted by Crippen LogP contribution is -2.37. The average molecular weight is 218 g/mol. The lowest BCUT2D eigenvalue weighted by Gasteiger charge is -2.29. The summed E-state index contributed by atoms with van der Waals surface area (Å²) in [6, 6.07) is 1.40. The smallest absolute Gasteiger partial charge is 0.0447 e. The normalized spacial score (nSPS) is 13.4. The van der Waals surface area contributed by atoms with Crippen molar-refractivity contribution in [2.75, 3.05) is 6.61 Å². The molecule has 0 heterocycles. The van der Waals surface area contributed by atoms with E-state index >= 15 is 0 Å². The highest BCUT2D eigenvalue weighted by Crippen LogP contribution is 2.24. The Balaban J connectivity index is 3.80. The summed E-state index contributed by atoms with van der Waals surface area (Å²) in [6.07, 6.45) is 2.24. The molecule has 13 heavy (non-hydrogen) atoms. The van der Waals surface area contributed by atoms with Gasteiger partial charge in [-0.1, -0.05) is 50.9 Å². The van der Waals surface area contributed by atoms with E-state index in [-0.39, 0.29) is 0 Å². The maximum atomic E-state index is 8.72. The first-order valence-electron chi connectivity index (χ1n) is 5.38. The van der Waals surface area contributed by atoms with Crippen LogP contribution in [0.15, 0.2) is 0 Å². The van der Waals surface area contributed by atoms with Gasteiger partial charge < -0.3 is 5.11 Å². The van der Waals surface area contributed by atoms with Gasteiger partial charge in [-0.2, -0.15) is 0 Å². The molecule has 0 aromatic heterocycles. The quantitative estimate of drug-likeness (QED) is 0.535. The Hall–Kier alpha value is 0.394. The Labute approximate surface area is 85.6 Å². The van der Waals surface area contributed by atoms with Crippen LogP contribution in [0.4, 0.5) is 0 Å². The fourth-order valence-electron chi connectivity index (χ4n) is 2.24. The van der Waals surface area contributed by atoms with Crippen molar-refractivity contribution in [3.63, 3.8) is 0 Å². The summed E-state index contributed by atoms with van der Waals surface area (Å²) >= 11 is 0. The Morgan fingerprint density at radius 3 is 1.85 bits per heavy atom. The van der Waals surface area contributed by atoms with Crippen LogP contribution in [-0.2, 0) is 0 Å². The largest absolute Gasteiger partial charge is 0.396 e.